The molecule has 2 nitrogen and oxygen atoms in total. The third-order valence-electron chi connectivity index (χ3n) is 2.45. The van der Waals surface area contributed by atoms with E-state index in [1.54, 1.807) is 0 Å². The number of carbonyl (C=O) groups is 1. The fourth-order valence-electron chi connectivity index (χ4n) is 1.76. The Bertz CT molecular complexity index is 523. The number of benzene rings is 2. The average molecular weight is 221 g/mol. The van der Waals surface area contributed by atoms with Crippen LogP contribution in [0.3, 0.4) is 0 Å². The molecule has 0 unspecified atom stereocenters. The number of amides is 1. The van der Waals surface area contributed by atoms with Crippen molar-refractivity contribution in [3.63, 3.8) is 0 Å². The van der Waals surface area contributed by atoms with Gasteiger partial charge in [0.25, 0.3) is 5.91 Å². The molecule has 0 spiro atoms. The van der Waals surface area contributed by atoms with E-state index >= 15 is 0 Å². The molecule has 17 heavy (non-hydrogen) atoms. The van der Waals surface area contributed by atoms with Crippen LogP contribution in [0.4, 0.5) is 0 Å². The van der Waals surface area contributed by atoms with Crippen LogP contribution < -0.4 is 24.2 Å². The minimum absolute atomic E-state index is 0. The molecular weight excluding hydrogens is 205 g/mol. The van der Waals surface area contributed by atoms with E-state index in [9.17, 15) is 4.79 Å². The standard InChI is InChI=1S/C14H15NO.Li.H/c1-10(2)15-14(16)13-9-5-7-11-6-3-4-8-12(11)13;;/h3-10H,1-2H3,(H,15,16);;/q;+1;-1. The normalized spacial score (nSPS) is 10.1. The summed E-state index contributed by atoms with van der Waals surface area (Å²) in [5, 5.41) is 5.01. The molecule has 0 aromatic heterocycles. The second-order valence-corrected chi connectivity index (χ2v) is 4.15. The molecule has 0 aliphatic rings. The molecular formula is C14H16LiNO. The van der Waals surface area contributed by atoms with Gasteiger partial charge in [-0.05, 0) is 30.7 Å². The molecule has 1 amide bonds. The van der Waals surface area contributed by atoms with Crippen LogP contribution in [-0.2, 0) is 0 Å². The summed E-state index contributed by atoms with van der Waals surface area (Å²) in [4.78, 5) is 12.0. The van der Waals surface area contributed by atoms with E-state index in [0.717, 1.165) is 16.3 Å². The number of hydrogen-bond acceptors (Lipinski definition) is 1. The van der Waals surface area contributed by atoms with Gasteiger partial charge in [0.15, 0.2) is 0 Å². The van der Waals surface area contributed by atoms with Crippen molar-refractivity contribution in [2.45, 2.75) is 19.9 Å². The third kappa shape index (κ3) is 3.12. The quantitative estimate of drug-likeness (QED) is 0.716. The van der Waals surface area contributed by atoms with Gasteiger partial charge in [0.05, 0.1) is 0 Å². The van der Waals surface area contributed by atoms with Gasteiger partial charge in [-0.25, -0.2) is 0 Å². The van der Waals surface area contributed by atoms with Crippen LogP contribution in [0.25, 0.3) is 10.8 Å². The Morgan fingerprint density at radius 2 is 1.76 bits per heavy atom. The Kier molecular flexibility index (Phi) is 4.81. The second kappa shape index (κ2) is 5.91. The molecule has 3 heteroatoms. The van der Waals surface area contributed by atoms with Crippen molar-refractivity contribution in [2.75, 3.05) is 0 Å². The largest absolute Gasteiger partial charge is 1.00 e. The number of rotatable bonds is 2. The van der Waals surface area contributed by atoms with E-state index in [4.69, 9.17) is 0 Å². The molecule has 84 valence electrons. The molecule has 0 bridgehead atoms. The van der Waals surface area contributed by atoms with Crippen molar-refractivity contribution in [1.82, 2.24) is 5.32 Å². The second-order valence-electron chi connectivity index (χ2n) is 4.15. The van der Waals surface area contributed by atoms with Crippen LogP contribution in [0.15, 0.2) is 42.5 Å². The minimum Gasteiger partial charge on any atom is -1.00 e. The maximum Gasteiger partial charge on any atom is 1.00 e. The monoisotopic (exact) mass is 221 g/mol. The Balaban J connectivity index is 0.00000144. The summed E-state index contributed by atoms with van der Waals surface area (Å²) >= 11 is 0. The molecule has 0 saturated carbocycles. The topological polar surface area (TPSA) is 29.1 Å². The molecule has 2 aromatic rings. The van der Waals surface area contributed by atoms with Gasteiger partial charge in [-0.15, -0.1) is 0 Å². The molecule has 2 aromatic carbocycles. The van der Waals surface area contributed by atoms with Crippen molar-refractivity contribution in [2.24, 2.45) is 0 Å². The molecule has 2 rings (SSSR count). The maximum atomic E-state index is 12.0. The summed E-state index contributed by atoms with van der Waals surface area (Å²) in [6.45, 7) is 3.92. The predicted molar refractivity (Wildman–Crippen MR) is 67.7 cm³/mol. The van der Waals surface area contributed by atoms with Crippen LogP contribution in [0.1, 0.15) is 25.6 Å². The van der Waals surface area contributed by atoms with Gasteiger partial charge in [-0.2, -0.15) is 0 Å². The van der Waals surface area contributed by atoms with Crippen molar-refractivity contribution in [1.29, 1.82) is 0 Å². The third-order valence-corrected chi connectivity index (χ3v) is 2.45. The van der Waals surface area contributed by atoms with Crippen molar-refractivity contribution in [3.05, 3.63) is 48.0 Å². The zero-order chi connectivity index (χ0) is 11.5. The molecule has 0 heterocycles. The van der Waals surface area contributed by atoms with Gasteiger partial charge in [-0.3, -0.25) is 4.79 Å². The summed E-state index contributed by atoms with van der Waals surface area (Å²) in [7, 11) is 0. The smallest absolute Gasteiger partial charge is 1.00 e. The fraction of sp³-hybridized carbons (Fsp3) is 0.214. The molecule has 0 radical (unpaired) electrons. The number of fused-ring (bicyclic) bond motifs is 1. The van der Waals surface area contributed by atoms with Crippen LogP contribution >= 0.6 is 0 Å². The van der Waals surface area contributed by atoms with Crippen LogP contribution in [0, 0.1) is 0 Å². The first-order valence-electron chi connectivity index (χ1n) is 5.47. The van der Waals surface area contributed by atoms with E-state index in [1.165, 1.54) is 0 Å². The summed E-state index contributed by atoms with van der Waals surface area (Å²) in [6, 6.07) is 13.9. The summed E-state index contributed by atoms with van der Waals surface area (Å²) < 4.78 is 0. The zero-order valence-electron chi connectivity index (χ0n) is 11.5. The van der Waals surface area contributed by atoms with Crippen molar-refractivity contribution >= 4 is 16.7 Å². The van der Waals surface area contributed by atoms with Gasteiger partial charge in [0, 0.05) is 11.6 Å². The Hall–Kier alpha value is -1.23. The van der Waals surface area contributed by atoms with Gasteiger partial charge < -0.3 is 6.74 Å². The Morgan fingerprint density at radius 3 is 2.47 bits per heavy atom. The summed E-state index contributed by atoms with van der Waals surface area (Å²) in [5.74, 6) is -0.00759. The predicted octanol–water partition coefficient (Wildman–Crippen LogP) is 0.0945. The minimum atomic E-state index is -0.00759. The van der Waals surface area contributed by atoms with Gasteiger partial charge in [0.2, 0.25) is 0 Å². The van der Waals surface area contributed by atoms with Crippen molar-refractivity contribution < 1.29 is 25.1 Å². The average Bonchev–Trinajstić information content (AvgIpc) is 2.27. The van der Waals surface area contributed by atoms with E-state index in [0.29, 0.717) is 0 Å². The van der Waals surface area contributed by atoms with Gasteiger partial charge >= 0.3 is 18.9 Å². The van der Waals surface area contributed by atoms with Crippen LogP contribution in [0.5, 0.6) is 0 Å². The van der Waals surface area contributed by atoms with E-state index in [-0.39, 0.29) is 32.2 Å². The molecule has 0 atom stereocenters. The first-order valence-corrected chi connectivity index (χ1v) is 5.47. The molecule has 0 fully saturated rings. The Labute approximate surface area is 115 Å². The number of nitrogens with one attached hydrogen (secondary N) is 1. The number of carbonyl (C=O) groups excluding carboxylic acids is 1. The van der Waals surface area contributed by atoms with Crippen molar-refractivity contribution in [3.8, 4) is 0 Å². The molecule has 1 N–H and O–H groups in total. The first kappa shape index (κ1) is 13.8. The van der Waals surface area contributed by atoms with E-state index in [2.05, 4.69) is 5.32 Å². The van der Waals surface area contributed by atoms with E-state index in [1.807, 2.05) is 56.3 Å². The Morgan fingerprint density at radius 1 is 1.12 bits per heavy atom. The summed E-state index contributed by atoms with van der Waals surface area (Å²) in [6.07, 6.45) is 0. The van der Waals surface area contributed by atoms with Crippen LogP contribution in [0.2, 0.25) is 0 Å². The van der Waals surface area contributed by atoms with Gasteiger partial charge in [-0.1, -0.05) is 36.4 Å². The fourth-order valence-corrected chi connectivity index (χ4v) is 1.76. The molecule has 0 aliphatic carbocycles. The zero-order valence-corrected chi connectivity index (χ0v) is 10.5. The first-order chi connectivity index (χ1) is 7.68. The van der Waals surface area contributed by atoms with E-state index < -0.39 is 0 Å². The SMILES string of the molecule is CC(C)NC(=O)c1cccc2ccccc12.[H-].[Li+]. The molecule has 0 saturated heterocycles. The van der Waals surface area contributed by atoms with Crippen LogP contribution in [-0.4, -0.2) is 11.9 Å². The molecule has 0 aliphatic heterocycles. The maximum absolute atomic E-state index is 12.0. The number of hydrogen-bond donors (Lipinski definition) is 1. The van der Waals surface area contributed by atoms with Gasteiger partial charge in [0.1, 0.15) is 0 Å². The summed E-state index contributed by atoms with van der Waals surface area (Å²) in [5.41, 5.74) is 0.742.